The van der Waals surface area contributed by atoms with E-state index in [9.17, 15) is 0 Å². The highest BCUT2D eigenvalue weighted by atomic mass is 79.9. The topological polar surface area (TPSA) is 147 Å². The lowest BCUT2D eigenvalue weighted by Crippen LogP contribution is -2.41. The van der Waals surface area contributed by atoms with Gasteiger partial charge in [0.15, 0.2) is 34.9 Å². The molecule has 0 radical (unpaired) electrons. The number of halogens is 3. The number of hydrogen-bond donors (Lipinski definition) is 0. The fourth-order valence-electron chi connectivity index (χ4n) is 14.6. The molecular weight excluding hydrogens is 1720 g/mol. The van der Waals surface area contributed by atoms with Crippen molar-refractivity contribution in [1.82, 2.24) is 49.8 Å². The van der Waals surface area contributed by atoms with Crippen LogP contribution in [-0.2, 0) is 31.0 Å². The van der Waals surface area contributed by atoms with Crippen LogP contribution in [0.25, 0.3) is 146 Å². The maximum Gasteiger partial charge on any atom is 0.494 e. The van der Waals surface area contributed by atoms with Crippen molar-refractivity contribution in [2.24, 2.45) is 0 Å². The van der Waals surface area contributed by atoms with Gasteiger partial charge in [0.05, 0.1) is 11.2 Å². The summed E-state index contributed by atoms with van der Waals surface area (Å²) in [6, 6.07) is 93.2. The van der Waals surface area contributed by atoms with Gasteiger partial charge in [-0.1, -0.05) is 301 Å². The van der Waals surface area contributed by atoms with Crippen LogP contribution in [0.1, 0.15) is 133 Å². The molecular formula is C108H100BBr3N10O2. The lowest BCUT2D eigenvalue weighted by Gasteiger charge is -2.32. The molecule has 16 aromatic rings. The average Bonchev–Trinajstić information content (AvgIpc) is 1.59. The molecule has 124 heavy (non-hydrogen) atoms. The van der Waals surface area contributed by atoms with E-state index in [0.29, 0.717) is 34.9 Å². The Hall–Kier alpha value is -11.8. The first-order chi connectivity index (χ1) is 59.1. The third kappa shape index (κ3) is 20.8. The summed E-state index contributed by atoms with van der Waals surface area (Å²) in [7, 11) is -0.359. The van der Waals surface area contributed by atoms with Crippen molar-refractivity contribution in [3.63, 3.8) is 0 Å². The van der Waals surface area contributed by atoms with Crippen LogP contribution < -0.4 is 5.46 Å². The largest absolute Gasteiger partial charge is 0.494 e. The van der Waals surface area contributed by atoms with Crippen LogP contribution in [0.4, 0.5) is 0 Å². The summed E-state index contributed by atoms with van der Waals surface area (Å²) in [4.78, 5) is 47.8. The van der Waals surface area contributed by atoms with Gasteiger partial charge in [-0.2, -0.15) is 0 Å². The Labute approximate surface area is 755 Å². The number of aromatic nitrogens is 10. The van der Waals surface area contributed by atoms with Crippen LogP contribution in [0.2, 0.25) is 0 Å². The molecule has 0 amide bonds. The first-order valence-electron chi connectivity index (χ1n) is 41.8. The first kappa shape index (κ1) is 87.2. The molecule has 6 aromatic heterocycles. The van der Waals surface area contributed by atoms with E-state index in [1.807, 2.05) is 140 Å². The van der Waals surface area contributed by atoms with Gasteiger partial charge >= 0.3 is 7.12 Å². The molecule has 618 valence electrons. The smallest absolute Gasteiger partial charge is 0.399 e. The maximum atomic E-state index is 6.27. The summed E-state index contributed by atoms with van der Waals surface area (Å²) in [5, 5.41) is 0. The van der Waals surface area contributed by atoms with Crippen LogP contribution >= 0.6 is 47.8 Å². The molecule has 10 aromatic carbocycles. The molecule has 17 rings (SSSR count). The predicted octanol–water partition coefficient (Wildman–Crippen LogP) is 28.5. The van der Waals surface area contributed by atoms with E-state index in [1.165, 1.54) is 22.3 Å². The Kier molecular flexibility index (Phi) is 25.4. The Morgan fingerprint density at radius 1 is 0.226 bits per heavy atom. The van der Waals surface area contributed by atoms with Crippen molar-refractivity contribution in [1.29, 1.82) is 0 Å². The van der Waals surface area contributed by atoms with Crippen LogP contribution in [-0.4, -0.2) is 68.2 Å². The van der Waals surface area contributed by atoms with Crippen LogP contribution in [0.3, 0.4) is 0 Å². The highest BCUT2D eigenvalue weighted by Crippen LogP contribution is 2.43. The summed E-state index contributed by atoms with van der Waals surface area (Å²) in [5.41, 5.74) is 26.1. The molecule has 1 fully saturated rings. The Balaban J connectivity index is 0.000000185. The monoisotopic (exact) mass is 1820 g/mol. The molecule has 12 nitrogen and oxygen atoms in total. The lowest BCUT2D eigenvalue weighted by atomic mass is 9.74. The number of rotatable bonds is 14. The molecule has 0 aliphatic carbocycles. The molecule has 1 aliphatic rings. The summed E-state index contributed by atoms with van der Waals surface area (Å²) in [5.74, 6) is 3.68. The minimum absolute atomic E-state index is 0.0383. The molecule has 16 heteroatoms. The molecule has 1 saturated heterocycles. The molecule has 0 spiro atoms. The van der Waals surface area contributed by atoms with Gasteiger partial charge in [-0.3, -0.25) is 19.9 Å². The zero-order chi connectivity index (χ0) is 87.5. The van der Waals surface area contributed by atoms with E-state index in [1.54, 1.807) is 6.20 Å². The van der Waals surface area contributed by atoms with Gasteiger partial charge in [-0.15, -0.1) is 0 Å². The highest BCUT2D eigenvalue weighted by molar-refractivity contribution is 9.11. The second kappa shape index (κ2) is 36.2. The number of nitrogens with zero attached hydrogens (tertiary/aromatic N) is 10. The van der Waals surface area contributed by atoms with Crippen molar-refractivity contribution >= 4 is 60.4 Å². The van der Waals surface area contributed by atoms with Crippen LogP contribution in [0.5, 0.6) is 0 Å². The quantitative estimate of drug-likeness (QED) is 0.0955. The van der Waals surface area contributed by atoms with E-state index in [4.69, 9.17) is 39.2 Å². The first-order valence-corrected chi connectivity index (χ1v) is 44.2. The normalized spacial score (nSPS) is 13.2. The average molecular weight is 1820 g/mol. The fourth-order valence-corrected chi connectivity index (χ4v) is 15.8. The number of pyridine rings is 4. The van der Waals surface area contributed by atoms with Crippen molar-refractivity contribution in [2.75, 3.05) is 0 Å². The van der Waals surface area contributed by atoms with Gasteiger partial charge < -0.3 is 9.31 Å². The summed E-state index contributed by atoms with van der Waals surface area (Å²) in [6.07, 6.45) is 15.0. The Morgan fingerprint density at radius 3 is 0.661 bits per heavy atom. The van der Waals surface area contributed by atoms with E-state index in [2.05, 4.69) is 348 Å². The van der Waals surface area contributed by atoms with Crippen molar-refractivity contribution in [3.05, 3.63) is 352 Å². The molecule has 7 heterocycles. The second-order valence-corrected chi connectivity index (χ2v) is 39.4. The summed E-state index contributed by atoms with van der Waals surface area (Å²) >= 11 is 10.6. The fraction of sp³-hybridized carbons (Fsp3) is 0.204. The van der Waals surface area contributed by atoms with Crippen molar-refractivity contribution < 1.29 is 9.31 Å². The third-order valence-corrected chi connectivity index (χ3v) is 24.1. The molecule has 0 bridgehead atoms. The zero-order valence-electron chi connectivity index (χ0n) is 73.0. The molecule has 0 unspecified atom stereocenters. The van der Waals surface area contributed by atoms with Crippen LogP contribution in [0, 0.1) is 0 Å². The molecule has 0 atom stereocenters. The second-order valence-electron chi connectivity index (χ2n) is 36.7. The summed E-state index contributed by atoms with van der Waals surface area (Å²) in [6.45, 7) is 35.4. The van der Waals surface area contributed by atoms with Crippen molar-refractivity contribution in [2.45, 2.75) is 144 Å². The van der Waals surface area contributed by atoms with Gasteiger partial charge in [0, 0.05) is 113 Å². The Morgan fingerprint density at radius 2 is 0.427 bits per heavy atom. The molecule has 0 saturated carbocycles. The molecule has 1 aliphatic heterocycles. The predicted molar refractivity (Wildman–Crippen MR) is 522 cm³/mol. The minimum Gasteiger partial charge on any atom is -0.399 e. The van der Waals surface area contributed by atoms with E-state index in [0.717, 1.165) is 130 Å². The van der Waals surface area contributed by atoms with Crippen LogP contribution in [0.15, 0.2) is 330 Å². The Bertz CT molecular complexity index is 5980. The van der Waals surface area contributed by atoms with Gasteiger partial charge in [0.25, 0.3) is 0 Å². The van der Waals surface area contributed by atoms with E-state index in [-0.39, 0.29) is 40.0 Å². The van der Waals surface area contributed by atoms with E-state index >= 15 is 0 Å². The zero-order valence-corrected chi connectivity index (χ0v) is 77.8. The van der Waals surface area contributed by atoms with Gasteiger partial charge in [0.1, 0.15) is 0 Å². The van der Waals surface area contributed by atoms with Gasteiger partial charge in [-0.05, 0) is 235 Å². The maximum absolute atomic E-state index is 6.27. The third-order valence-electron chi connectivity index (χ3n) is 22.6. The molecule has 0 N–H and O–H groups in total. The van der Waals surface area contributed by atoms with Crippen molar-refractivity contribution in [3.8, 4) is 146 Å². The van der Waals surface area contributed by atoms with E-state index < -0.39 is 0 Å². The minimum atomic E-state index is -0.359. The summed E-state index contributed by atoms with van der Waals surface area (Å²) < 4.78 is 15.5. The van der Waals surface area contributed by atoms with Gasteiger partial charge in [-0.25, -0.2) is 29.9 Å². The lowest BCUT2D eigenvalue weighted by molar-refractivity contribution is 0.00578. The SMILES string of the molecule is Brc1cccc(-c2nc(-c3cccc(Br)c3)nc(-c3cccc(Br)c3)n2)c1.CC(C)(C)c1cc(-c2cccnc2)cc(-c2cccc(-c3nc(-c4cccc(-c5cc(-c6cccnc6)cc(C(C)(C)C)c5)c4)nc(-c4cccc(-c5cc(-c6cccnc6)cc(C(C)(C)C)c5)c4)n3)c2)c1.CC(C)(C)c1cc(B2OC(C)(C)C(C)(C)O2)cc(-c2cccnc2)c1. The number of benzene rings is 10. The van der Waals surface area contributed by atoms with Gasteiger partial charge in [0.2, 0.25) is 0 Å². The number of hydrogen-bond acceptors (Lipinski definition) is 12. The standard InChI is InChI=1S/C66H60N6.C21H28BNO2.C21H12Br3N3/c1-64(2,3)58-34-52(31-55(37-58)49-22-13-25-67-40-49)43-16-10-19-46(28-43)61-70-62(47-20-11-17-44(29-47)53-32-56(50-23-14-26-68-41-50)38-59(35-53)65(4,5)6)72-63(71-61)48-21-12-18-45(30-48)54-33-57(51-24-15-27-69-42-51)39-60(36-54)66(7,8)9;1-19(2,3)17-11-16(15-9-8-10-23-14-15)12-18(13-17)22-24-20(4,5)21(6,7)25-22;22-16-7-1-4-13(10-16)19-25-20(14-5-2-8-17(23)11-14)27-21(26-19)15-6-3-9-18(24)12-15/h10-42H,1-9H3;8-14H,1-7H3;1-12H. The highest BCUT2D eigenvalue weighted by Gasteiger charge is 2.52.